The van der Waals surface area contributed by atoms with Crippen LogP contribution in [-0.2, 0) is 29.2 Å². The molecule has 0 aliphatic carbocycles. The van der Waals surface area contributed by atoms with Gasteiger partial charge in [-0.1, -0.05) is 0 Å². The van der Waals surface area contributed by atoms with Crippen molar-refractivity contribution in [2.24, 2.45) is 0 Å². The summed E-state index contributed by atoms with van der Waals surface area (Å²) in [6.45, 7) is 1.60. The second kappa shape index (κ2) is 8.27. The van der Waals surface area contributed by atoms with E-state index in [2.05, 4.69) is 10.0 Å². The fraction of sp³-hybridized carbons (Fsp3) is 0.238. The van der Waals surface area contributed by atoms with Gasteiger partial charge in [0.15, 0.2) is 0 Å². The maximum Gasteiger partial charge on any atom is 0.416 e. The number of hydrogen-bond donors (Lipinski definition) is 2. The molecular weight excluding hydrogens is 449 g/mol. The average molecular weight is 469 g/mol. The molecule has 1 aliphatic heterocycles. The van der Waals surface area contributed by atoms with E-state index in [1.165, 1.54) is 42.3 Å². The van der Waals surface area contributed by atoms with Gasteiger partial charge >= 0.3 is 6.18 Å². The molecule has 0 saturated carbocycles. The molecule has 0 spiro atoms. The van der Waals surface area contributed by atoms with Crippen LogP contribution in [-0.4, -0.2) is 22.0 Å². The maximum atomic E-state index is 12.8. The lowest BCUT2D eigenvalue weighted by molar-refractivity contribution is -0.137. The number of fused-ring (bicyclic) bond motifs is 1. The van der Waals surface area contributed by atoms with Crippen LogP contribution in [0.15, 0.2) is 53.4 Å². The second-order valence-electron chi connectivity index (χ2n) is 6.98. The number of halogens is 3. The Hall–Kier alpha value is -2.40. The highest BCUT2D eigenvalue weighted by Gasteiger charge is 2.30. The molecule has 0 fully saturated rings. The summed E-state index contributed by atoms with van der Waals surface area (Å²) < 4.78 is 71.3. The van der Waals surface area contributed by atoms with Crippen LogP contribution >= 0.6 is 11.3 Å². The number of hydrogen-bond acceptors (Lipinski definition) is 5. The van der Waals surface area contributed by atoms with Crippen molar-refractivity contribution < 1.29 is 26.3 Å². The van der Waals surface area contributed by atoms with Crippen LogP contribution < -0.4 is 14.8 Å². The highest BCUT2D eigenvalue weighted by Crippen LogP contribution is 2.41. The Morgan fingerprint density at radius 1 is 1.10 bits per heavy atom. The molecular formula is C21H19F3N2O3S2. The van der Waals surface area contributed by atoms with Crippen LogP contribution in [0.2, 0.25) is 0 Å². The first kappa shape index (κ1) is 21.8. The first-order chi connectivity index (χ1) is 14.7. The fourth-order valence-corrected chi connectivity index (χ4v) is 5.26. The van der Waals surface area contributed by atoms with Gasteiger partial charge in [0.2, 0.25) is 10.0 Å². The third-order valence-electron chi connectivity index (χ3n) is 4.95. The zero-order valence-electron chi connectivity index (χ0n) is 16.4. The normalized spacial score (nSPS) is 14.3. The van der Waals surface area contributed by atoms with Gasteiger partial charge in [-0.25, -0.2) is 13.1 Å². The smallest absolute Gasteiger partial charge is 0.416 e. The molecule has 4 rings (SSSR count). The summed E-state index contributed by atoms with van der Waals surface area (Å²) in [5.41, 5.74) is 0.943. The summed E-state index contributed by atoms with van der Waals surface area (Å²) in [6, 6.07) is 10.8. The van der Waals surface area contributed by atoms with E-state index in [1.54, 1.807) is 11.3 Å². The summed E-state index contributed by atoms with van der Waals surface area (Å²) in [7, 11) is -2.35. The molecule has 0 amide bonds. The average Bonchev–Trinajstić information content (AvgIpc) is 3.18. The van der Waals surface area contributed by atoms with Crippen LogP contribution in [0.3, 0.4) is 0 Å². The molecule has 0 radical (unpaired) electrons. The van der Waals surface area contributed by atoms with E-state index >= 15 is 0 Å². The predicted molar refractivity (Wildman–Crippen MR) is 113 cm³/mol. The van der Waals surface area contributed by atoms with E-state index in [0.717, 1.165) is 42.1 Å². The minimum absolute atomic E-state index is 0.0780. The molecule has 5 nitrogen and oxygen atoms in total. The number of sulfonamides is 1. The van der Waals surface area contributed by atoms with Crippen molar-refractivity contribution in [1.29, 1.82) is 0 Å². The van der Waals surface area contributed by atoms with Crippen molar-refractivity contribution in [2.45, 2.75) is 24.0 Å². The van der Waals surface area contributed by atoms with Gasteiger partial charge in [0, 0.05) is 28.4 Å². The molecule has 31 heavy (non-hydrogen) atoms. The zero-order chi connectivity index (χ0) is 22.2. The summed E-state index contributed by atoms with van der Waals surface area (Å²) >= 11 is 1.56. The maximum absolute atomic E-state index is 12.8. The molecule has 10 heteroatoms. The van der Waals surface area contributed by atoms with Gasteiger partial charge in [0.25, 0.3) is 0 Å². The number of ether oxygens (including phenoxy) is 1. The summed E-state index contributed by atoms with van der Waals surface area (Å²) in [5.74, 6) is 0.586. The molecule has 0 saturated heterocycles. The molecule has 1 aromatic heterocycles. The van der Waals surface area contributed by atoms with Crippen LogP contribution in [0.5, 0.6) is 11.5 Å². The Labute approximate surface area is 181 Å². The summed E-state index contributed by atoms with van der Waals surface area (Å²) in [6.07, 6.45) is -3.56. The van der Waals surface area contributed by atoms with E-state index in [0.29, 0.717) is 11.3 Å². The molecule has 3 aromatic rings. The minimum atomic E-state index is -4.43. The van der Waals surface area contributed by atoms with Gasteiger partial charge in [0.05, 0.1) is 10.5 Å². The number of rotatable bonds is 5. The van der Waals surface area contributed by atoms with Gasteiger partial charge in [-0.2, -0.15) is 13.2 Å². The number of alkyl halides is 3. The lowest BCUT2D eigenvalue weighted by atomic mass is 10.1. The first-order valence-corrected chi connectivity index (χ1v) is 11.7. The topological polar surface area (TPSA) is 67.4 Å². The van der Waals surface area contributed by atoms with E-state index in [-0.39, 0.29) is 10.6 Å². The molecule has 0 atom stereocenters. The van der Waals surface area contributed by atoms with Crippen molar-refractivity contribution in [3.05, 3.63) is 64.5 Å². The third-order valence-corrected chi connectivity index (χ3v) is 7.63. The minimum Gasteiger partial charge on any atom is -0.457 e. The van der Waals surface area contributed by atoms with Gasteiger partial charge in [-0.05, 0) is 67.6 Å². The molecule has 1 aliphatic rings. The zero-order valence-corrected chi connectivity index (χ0v) is 18.0. The molecule has 0 bridgehead atoms. The van der Waals surface area contributed by atoms with Gasteiger partial charge < -0.3 is 10.1 Å². The van der Waals surface area contributed by atoms with Crippen molar-refractivity contribution in [1.82, 2.24) is 10.0 Å². The summed E-state index contributed by atoms with van der Waals surface area (Å²) in [4.78, 5) is 2.13. The molecule has 2 heterocycles. The highest BCUT2D eigenvalue weighted by atomic mass is 32.2. The van der Waals surface area contributed by atoms with Crippen LogP contribution in [0.1, 0.15) is 16.0 Å². The largest absolute Gasteiger partial charge is 0.457 e. The lowest BCUT2D eigenvalue weighted by Crippen LogP contribution is -2.21. The second-order valence-corrected chi connectivity index (χ2v) is 10.00. The van der Waals surface area contributed by atoms with Crippen molar-refractivity contribution in [3.63, 3.8) is 0 Å². The molecule has 2 aromatic carbocycles. The SMILES string of the molecule is CNS(=O)(=O)c1ccc(Oc2ccc(C(F)(F)F)cc2)c(-c2cc3c(s2)CCNC3)c1. The van der Waals surface area contributed by atoms with Crippen LogP contribution in [0.25, 0.3) is 10.4 Å². The molecule has 0 unspecified atom stereocenters. The highest BCUT2D eigenvalue weighted by molar-refractivity contribution is 7.89. The molecule has 164 valence electrons. The van der Waals surface area contributed by atoms with Gasteiger partial charge in [-0.15, -0.1) is 11.3 Å². The van der Waals surface area contributed by atoms with Crippen LogP contribution in [0.4, 0.5) is 13.2 Å². The van der Waals surface area contributed by atoms with Gasteiger partial charge in [-0.3, -0.25) is 0 Å². The number of thiophene rings is 1. The Morgan fingerprint density at radius 2 is 1.84 bits per heavy atom. The van der Waals surface area contributed by atoms with Crippen molar-refractivity contribution in [2.75, 3.05) is 13.6 Å². The number of benzene rings is 2. The fourth-order valence-electron chi connectivity index (χ4n) is 3.30. The predicted octanol–water partition coefficient (Wildman–Crippen LogP) is 4.78. The monoisotopic (exact) mass is 468 g/mol. The third kappa shape index (κ3) is 4.62. The first-order valence-electron chi connectivity index (χ1n) is 9.43. The molecule has 2 N–H and O–H groups in total. The van der Waals surface area contributed by atoms with E-state index < -0.39 is 21.8 Å². The van der Waals surface area contributed by atoms with Crippen LogP contribution in [0, 0.1) is 0 Å². The Balaban J connectivity index is 1.75. The van der Waals surface area contributed by atoms with E-state index in [4.69, 9.17) is 4.74 Å². The Kier molecular flexibility index (Phi) is 5.82. The van der Waals surface area contributed by atoms with Gasteiger partial charge in [0.1, 0.15) is 11.5 Å². The quantitative estimate of drug-likeness (QED) is 0.566. The van der Waals surface area contributed by atoms with Crippen molar-refractivity contribution in [3.8, 4) is 21.9 Å². The van der Waals surface area contributed by atoms with E-state index in [1.807, 2.05) is 6.07 Å². The lowest BCUT2D eigenvalue weighted by Gasteiger charge is -2.13. The standard InChI is InChI=1S/C21H19F3N2O3S2/c1-25-31(27,28)16-6-7-18(29-15-4-2-14(3-5-15)21(22,23)24)17(11-16)20-10-13-12-26-9-8-19(13)30-20/h2-7,10-11,25-26H,8-9,12H2,1H3. The van der Waals surface area contributed by atoms with E-state index in [9.17, 15) is 21.6 Å². The Bertz CT molecular complexity index is 1180. The Morgan fingerprint density at radius 3 is 2.48 bits per heavy atom. The van der Waals surface area contributed by atoms with Crippen molar-refractivity contribution >= 4 is 21.4 Å². The number of nitrogens with one attached hydrogen (secondary N) is 2. The summed E-state index contributed by atoms with van der Waals surface area (Å²) in [5, 5.41) is 3.30.